The largest absolute Gasteiger partial charge is 0.206 e. The zero-order valence-corrected chi connectivity index (χ0v) is 17.6. The van der Waals surface area contributed by atoms with Gasteiger partial charge in [0.1, 0.15) is 11.5 Å². The Morgan fingerprint density at radius 2 is 1.62 bits per heavy atom. The molecule has 0 aliphatic heterocycles. The molecule has 0 spiro atoms. The summed E-state index contributed by atoms with van der Waals surface area (Å²) in [4.78, 5) is 5.63. The van der Waals surface area contributed by atoms with Crippen LogP contribution >= 0.6 is 23.6 Å². The van der Waals surface area contributed by atoms with E-state index in [0.29, 0.717) is 0 Å². The van der Waals surface area contributed by atoms with Crippen LogP contribution in [0.3, 0.4) is 0 Å². The van der Waals surface area contributed by atoms with Crippen LogP contribution in [0.25, 0.3) is 21.6 Å². The van der Waals surface area contributed by atoms with Crippen molar-refractivity contribution in [3.8, 4) is 21.6 Å². The van der Waals surface area contributed by atoms with Crippen LogP contribution in [0.15, 0.2) is 47.5 Å². The lowest BCUT2D eigenvalue weighted by Gasteiger charge is -2.08. The molecule has 3 rings (SSSR count). The van der Waals surface area contributed by atoms with E-state index in [-0.39, 0.29) is 11.1 Å². The van der Waals surface area contributed by atoms with Crippen LogP contribution in [0.4, 0.5) is 18.9 Å². The summed E-state index contributed by atoms with van der Waals surface area (Å²) in [6.07, 6.45) is 5.85. The lowest BCUT2D eigenvalue weighted by molar-refractivity contribution is 0.588. The predicted octanol–water partition coefficient (Wildman–Crippen LogP) is 8.36. The van der Waals surface area contributed by atoms with Crippen LogP contribution in [-0.4, -0.2) is 5.16 Å². The first kappa shape index (κ1) is 21.4. The molecule has 0 aliphatic carbocycles. The van der Waals surface area contributed by atoms with Crippen LogP contribution in [0.2, 0.25) is 0 Å². The number of nitrogens with zero attached hydrogens (tertiary/aromatic N) is 1. The van der Waals surface area contributed by atoms with E-state index in [4.69, 9.17) is 0 Å². The van der Waals surface area contributed by atoms with Gasteiger partial charge >= 0.3 is 0 Å². The minimum atomic E-state index is -0.910. The van der Waals surface area contributed by atoms with Crippen molar-refractivity contribution in [2.75, 3.05) is 0 Å². The van der Waals surface area contributed by atoms with Gasteiger partial charge in [-0.1, -0.05) is 38.3 Å². The fourth-order valence-electron chi connectivity index (χ4n) is 3.17. The van der Waals surface area contributed by atoms with E-state index in [2.05, 4.69) is 30.2 Å². The molecule has 0 saturated heterocycles. The van der Waals surface area contributed by atoms with Crippen molar-refractivity contribution in [2.24, 2.45) is 4.99 Å². The lowest BCUT2D eigenvalue weighted by atomic mass is 10.0. The Bertz CT molecular complexity index is 1030. The molecule has 1 nitrogen and oxygen atoms in total. The first-order chi connectivity index (χ1) is 14.0. The number of rotatable bonds is 8. The zero-order valence-electron chi connectivity index (χ0n) is 16.0. The first-order valence-corrected chi connectivity index (χ1v) is 10.7. The van der Waals surface area contributed by atoms with E-state index in [1.54, 1.807) is 23.5 Å². The molecular formula is C23H20F3NS2. The average Bonchev–Trinajstić information content (AvgIpc) is 3.17. The van der Waals surface area contributed by atoms with Crippen LogP contribution in [0.5, 0.6) is 0 Å². The van der Waals surface area contributed by atoms with Crippen molar-refractivity contribution in [1.82, 2.24) is 0 Å². The number of aryl methyl sites for hydroxylation is 1. The number of unbranched alkanes of at least 4 members (excludes halogenated alkanes) is 3. The number of aliphatic imine (C=N–C) groups is 1. The molecule has 2 aromatic carbocycles. The number of isothiocyanates is 1. The van der Waals surface area contributed by atoms with E-state index in [9.17, 15) is 13.2 Å². The first-order valence-electron chi connectivity index (χ1n) is 9.49. The summed E-state index contributed by atoms with van der Waals surface area (Å²) in [5.74, 6) is -2.36. The lowest BCUT2D eigenvalue weighted by Crippen LogP contribution is -1.90. The van der Waals surface area contributed by atoms with Gasteiger partial charge in [0.05, 0.1) is 5.16 Å². The Labute approximate surface area is 177 Å². The molecule has 0 saturated carbocycles. The highest BCUT2D eigenvalue weighted by molar-refractivity contribution is 7.78. The number of benzene rings is 2. The number of halogens is 3. The van der Waals surface area contributed by atoms with E-state index >= 15 is 0 Å². The van der Waals surface area contributed by atoms with Crippen LogP contribution in [0.1, 0.15) is 37.5 Å². The summed E-state index contributed by atoms with van der Waals surface area (Å²) in [7, 11) is 0. The minimum Gasteiger partial charge on any atom is -0.206 e. The SMILES string of the molecule is CCCCCCc1ccc(-c2ccc(-c3cc(F)c(N=C=S)c(F)c3)c(F)c2)s1. The van der Waals surface area contributed by atoms with Crippen LogP contribution < -0.4 is 0 Å². The molecular weight excluding hydrogens is 411 g/mol. The predicted molar refractivity (Wildman–Crippen MR) is 118 cm³/mol. The summed E-state index contributed by atoms with van der Waals surface area (Å²) in [6, 6.07) is 10.9. The van der Waals surface area contributed by atoms with Crippen LogP contribution in [0, 0.1) is 17.5 Å². The molecule has 0 unspecified atom stereocenters. The highest BCUT2D eigenvalue weighted by Crippen LogP contribution is 2.34. The van der Waals surface area contributed by atoms with Gasteiger partial charge in [0.15, 0.2) is 11.6 Å². The summed E-state index contributed by atoms with van der Waals surface area (Å²) in [5, 5.41) is 1.94. The number of thiophene rings is 1. The maximum absolute atomic E-state index is 14.7. The van der Waals surface area contributed by atoms with E-state index in [0.717, 1.165) is 35.4 Å². The fourth-order valence-corrected chi connectivity index (χ4v) is 4.31. The Hall–Kier alpha value is -2.27. The second kappa shape index (κ2) is 9.97. The number of thiocarbonyl (C=S) groups is 1. The average molecular weight is 432 g/mol. The maximum Gasteiger partial charge on any atom is 0.153 e. The highest BCUT2D eigenvalue weighted by Gasteiger charge is 2.15. The van der Waals surface area contributed by atoms with Gasteiger partial charge in [-0.05, 0) is 66.5 Å². The number of hydrogen-bond acceptors (Lipinski definition) is 3. The molecule has 1 aromatic heterocycles. The van der Waals surface area contributed by atoms with Crippen molar-refractivity contribution in [3.63, 3.8) is 0 Å². The van der Waals surface area contributed by atoms with Crippen molar-refractivity contribution in [1.29, 1.82) is 0 Å². The van der Waals surface area contributed by atoms with Gasteiger partial charge in [0, 0.05) is 15.3 Å². The normalized spacial score (nSPS) is 10.8. The standard InChI is InChI=1S/C23H20F3NS2/c1-2-3-4-5-6-17-8-10-22(29-17)15-7-9-18(19(24)11-15)16-12-20(25)23(27-14-28)21(26)13-16/h7-13H,2-6H2,1H3. The van der Waals surface area contributed by atoms with Gasteiger partial charge in [-0.3, -0.25) is 0 Å². The smallest absolute Gasteiger partial charge is 0.153 e. The minimum absolute atomic E-state index is 0.107. The summed E-state index contributed by atoms with van der Waals surface area (Å²) >= 11 is 6.04. The molecule has 0 N–H and O–H groups in total. The Morgan fingerprint density at radius 3 is 2.28 bits per heavy atom. The van der Waals surface area contributed by atoms with Crippen molar-refractivity contribution in [2.45, 2.75) is 39.0 Å². The van der Waals surface area contributed by atoms with Crippen molar-refractivity contribution >= 4 is 34.4 Å². The monoisotopic (exact) mass is 431 g/mol. The maximum atomic E-state index is 14.7. The quantitative estimate of drug-likeness (QED) is 0.198. The van der Waals surface area contributed by atoms with Gasteiger partial charge in [-0.25, -0.2) is 13.2 Å². The van der Waals surface area contributed by atoms with E-state index < -0.39 is 23.1 Å². The molecule has 0 aliphatic rings. The Morgan fingerprint density at radius 1 is 0.897 bits per heavy atom. The van der Waals surface area contributed by atoms with E-state index in [1.165, 1.54) is 30.2 Å². The molecule has 150 valence electrons. The van der Waals surface area contributed by atoms with Crippen LogP contribution in [-0.2, 0) is 6.42 Å². The van der Waals surface area contributed by atoms with E-state index in [1.807, 2.05) is 11.2 Å². The third kappa shape index (κ3) is 5.21. The second-order valence-electron chi connectivity index (χ2n) is 6.76. The van der Waals surface area contributed by atoms with Gasteiger partial charge in [-0.15, -0.1) is 11.3 Å². The molecule has 0 bridgehead atoms. The van der Waals surface area contributed by atoms with Gasteiger partial charge in [0.25, 0.3) is 0 Å². The molecule has 0 atom stereocenters. The molecule has 0 amide bonds. The molecule has 6 heteroatoms. The summed E-state index contributed by atoms with van der Waals surface area (Å²) in [6.45, 7) is 2.19. The fraction of sp³-hybridized carbons (Fsp3) is 0.261. The number of hydrogen-bond donors (Lipinski definition) is 0. The molecule has 29 heavy (non-hydrogen) atoms. The van der Waals surface area contributed by atoms with Gasteiger partial charge in [0.2, 0.25) is 0 Å². The molecule has 0 radical (unpaired) electrons. The Balaban J connectivity index is 1.83. The second-order valence-corrected chi connectivity index (χ2v) is 8.11. The highest BCUT2D eigenvalue weighted by atomic mass is 32.1. The molecule has 3 aromatic rings. The third-order valence-electron chi connectivity index (χ3n) is 4.68. The van der Waals surface area contributed by atoms with Gasteiger partial charge < -0.3 is 0 Å². The van der Waals surface area contributed by atoms with Crippen molar-refractivity contribution in [3.05, 3.63) is 64.8 Å². The van der Waals surface area contributed by atoms with Crippen molar-refractivity contribution < 1.29 is 13.2 Å². The Kier molecular flexibility index (Phi) is 7.37. The zero-order chi connectivity index (χ0) is 20.8. The summed E-state index contributed by atoms with van der Waals surface area (Å²) < 4.78 is 42.9. The van der Waals surface area contributed by atoms with Gasteiger partial charge in [-0.2, -0.15) is 4.99 Å². The third-order valence-corrected chi connectivity index (χ3v) is 5.96. The topological polar surface area (TPSA) is 12.4 Å². The molecule has 0 fully saturated rings. The summed E-state index contributed by atoms with van der Waals surface area (Å²) in [5.41, 5.74) is 0.459. The molecule has 1 heterocycles.